The van der Waals surface area contributed by atoms with Gasteiger partial charge in [0.25, 0.3) is 0 Å². The second-order valence-corrected chi connectivity index (χ2v) is 11.5. The van der Waals surface area contributed by atoms with E-state index in [-0.39, 0.29) is 4.90 Å². The molecule has 1 fully saturated rings. The van der Waals surface area contributed by atoms with Crippen LogP contribution < -0.4 is 4.80 Å². The summed E-state index contributed by atoms with van der Waals surface area (Å²) in [5.41, 5.74) is 2.97. The lowest BCUT2D eigenvalue weighted by atomic mass is 10.2. The van der Waals surface area contributed by atoms with E-state index in [1.807, 2.05) is 35.0 Å². The highest BCUT2D eigenvalue weighted by Crippen LogP contribution is 2.26. The Balaban J connectivity index is 1.48. The zero-order chi connectivity index (χ0) is 25.0. The van der Waals surface area contributed by atoms with E-state index < -0.39 is 10.0 Å². The minimum Gasteiger partial charge on any atom is -0.379 e. The largest absolute Gasteiger partial charge is 0.379 e. The van der Waals surface area contributed by atoms with Crippen LogP contribution >= 0.6 is 22.7 Å². The Bertz CT molecular complexity index is 1570. The van der Waals surface area contributed by atoms with Crippen molar-refractivity contribution in [3.63, 3.8) is 0 Å². The summed E-state index contributed by atoms with van der Waals surface area (Å²) in [7, 11) is -3.56. The molecule has 0 N–H and O–H groups in total. The first-order valence-corrected chi connectivity index (χ1v) is 14.3. The molecule has 4 aromatic rings. The topological polar surface area (TPSA) is 100 Å². The van der Waals surface area contributed by atoms with Crippen molar-refractivity contribution < 1.29 is 13.2 Å². The van der Waals surface area contributed by atoms with Gasteiger partial charge in [-0.3, -0.25) is 0 Å². The van der Waals surface area contributed by atoms with Crippen LogP contribution in [0.25, 0.3) is 10.6 Å². The highest BCUT2D eigenvalue weighted by atomic mass is 32.2. The van der Waals surface area contributed by atoms with E-state index in [0.29, 0.717) is 42.4 Å². The van der Waals surface area contributed by atoms with Crippen LogP contribution in [0.3, 0.4) is 0 Å². The fourth-order valence-corrected chi connectivity index (χ4v) is 6.65. The number of morpholine rings is 1. The van der Waals surface area contributed by atoms with Gasteiger partial charge in [0.1, 0.15) is 0 Å². The van der Waals surface area contributed by atoms with E-state index in [1.165, 1.54) is 15.6 Å². The summed E-state index contributed by atoms with van der Waals surface area (Å²) in [6.45, 7) is 1.51. The molecule has 182 valence electrons. The van der Waals surface area contributed by atoms with E-state index in [9.17, 15) is 8.42 Å². The van der Waals surface area contributed by atoms with Gasteiger partial charge in [-0.15, -0.1) is 22.7 Å². The minimum absolute atomic E-state index is 0.237. The van der Waals surface area contributed by atoms with E-state index >= 15 is 0 Å². The molecule has 1 saturated heterocycles. The molecule has 0 atom stereocenters. The van der Waals surface area contributed by atoms with Gasteiger partial charge in [-0.1, -0.05) is 18.2 Å². The first kappa shape index (κ1) is 24.3. The summed E-state index contributed by atoms with van der Waals surface area (Å²) in [6, 6.07) is 19.9. The number of thiophene rings is 1. The Hall–Kier alpha value is -3.40. The third-order valence-corrected chi connectivity index (χ3v) is 9.11. The quantitative estimate of drug-likeness (QED) is 0.344. The van der Waals surface area contributed by atoms with Crippen LogP contribution in [0, 0.1) is 11.3 Å². The van der Waals surface area contributed by atoms with E-state index in [0.717, 1.165) is 16.1 Å². The van der Waals surface area contributed by atoms with Crippen LogP contribution in [0.2, 0.25) is 0 Å². The van der Waals surface area contributed by atoms with Crippen molar-refractivity contribution in [2.75, 3.05) is 26.3 Å². The molecule has 0 radical (unpaired) electrons. The Morgan fingerprint density at radius 2 is 1.75 bits per heavy atom. The van der Waals surface area contributed by atoms with Crippen LogP contribution in [0.15, 0.2) is 86.4 Å². The maximum atomic E-state index is 12.9. The number of nitriles is 1. The van der Waals surface area contributed by atoms with Crippen molar-refractivity contribution >= 4 is 44.6 Å². The number of nitrogens with zero attached hydrogens (tertiary/aromatic N) is 5. The number of rotatable bonds is 6. The molecule has 36 heavy (non-hydrogen) atoms. The summed E-state index contributed by atoms with van der Waals surface area (Å²) in [5.74, 6) is 0. The van der Waals surface area contributed by atoms with Crippen molar-refractivity contribution in [1.29, 1.82) is 5.26 Å². The molecule has 1 aliphatic rings. The number of sulfonamides is 1. The highest BCUT2D eigenvalue weighted by molar-refractivity contribution is 7.89. The van der Waals surface area contributed by atoms with Gasteiger partial charge in [-0.25, -0.2) is 18.1 Å². The number of ether oxygens (including phenoxy) is 1. The van der Waals surface area contributed by atoms with Gasteiger partial charge in [0.2, 0.25) is 14.8 Å². The third kappa shape index (κ3) is 5.23. The minimum atomic E-state index is -3.56. The SMILES string of the molecule is N#Cc1ccc(C=Nn2c(-c3cccs3)csc2=Nc2ccc(S(=O)(=O)N3CCOCC3)cc2)cc1. The van der Waals surface area contributed by atoms with Crippen molar-refractivity contribution in [3.8, 4) is 16.6 Å². The first-order valence-electron chi connectivity index (χ1n) is 11.1. The van der Waals surface area contributed by atoms with Crippen molar-refractivity contribution in [2.24, 2.45) is 10.1 Å². The van der Waals surface area contributed by atoms with Crippen LogP contribution in [0.1, 0.15) is 11.1 Å². The summed E-state index contributed by atoms with van der Waals surface area (Å²) in [4.78, 5) is 6.68. The van der Waals surface area contributed by atoms with Gasteiger partial charge in [0, 0.05) is 18.5 Å². The second kappa shape index (κ2) is 10.7. The van der Waals surface area contributed by atoms with Crippen LogP contribution in [0.4, 0.5) is 5.69 Å². The van der Waals surface area contributed by atoms with E-state index in [2.05, 4.69) is 11.2 Å². The lowest BCUT2D eigenvalue weighted by Gasteiger charge is -2.26. The molecule has 0 unspecified atom stereocenters. The zero-order valence-corrected chi connectivity index (χ0v) is 21.5. The van der Waals surface area contributed by atoms with Crippen molar-refractivity contribution in [3.05, 3.63) is 87.4 Å². The molecule has 0 spiro atoms. The lowest BCUT2D eigenvalue weighted by molar-refractivity contribution is 0.0730. The molecule has 1 aliphatic heterocycles. The number of aromatic nitrogens is 1. The molecular formula is C25H21N5O3S3. The Morgan fingerprint density at radius 1 is 1.00 bits per heavy atom. The average Bonchev–Trinajstić information content (AvgIpc) is 3.59. The predicted molar refractivity (Wildman–Crippen MR) is 141 cm³/mol. The summed E-state index contributed by atoms with van der Waals surface area (Å²) in [6.07, 6.45) is 1.72. The van der Waals surface area contributed by atoms with E-state index in [1.54, 1.807) is 58.6 Å². The Labute approximate surface area is 216 Å². The molecule has 5 rings (SSSR count). The normalized spacial score (nSPS) is 15.4. The zero-order valence-electron chi connectivity index (χ0n) is 19.0. The molecule has 11 heteroatoms. The summed E-state index contributed by atoms with van der Waals surface area (Å²) in [5, 5.41) is 17.7. The van der Waals surface area contributed by atoms with Gasteiger partial charge in [-0.2, -0.15) is 14.7 Å². The van der Waals surface area contributed by atoms with Gasteiger partial charge >= 0.3 is 0 Å². The van der Waals surface area contributed by atoms with Crippen molar-refractivity contribution in [2.45, 2.75) is 4.90 Å². The van der Waals surface area contributed by atoms with Gasteiger partial charge in [-0.05, 0) is 53.4 Å². The molecule has 0 aliphatic carbocycles. The monoisotopic (exact) mass is 535 g/mol. The van der Waals surface area contributed by atoms with Crippen LogP contribution in [-0.4, -0.2) is 49.9 Å². The maximum absolute atomic E-state index is 12.9. The number of hydrogen-bond donors (Lipinski definition) is 0. The van der Waals surface area contributed by atoms with Crippen molar-refractivity contribution in [1.82, 2.24) is 8.98 Å². The predicted octanol–water partition coefficient (Wildman–Crippen LogP) is 4.29. The average molecular weight is 536 g/mol. The number of hydrogen-bond acceptors (Lipinski definition) is 8. The Kier molecular flexibility index (Phi) is 7.22. The second-order valence-electron chi connectivity index (χ2n) is 7.79. The first-order chi connectivity index (χ1) is 17.5. The standard InChI is InChI=1S/C25H21N5O3S3/c26-16-19-3-5-20(6-4-19)17-27-30-23(24-2-1-15-34-24)18-35-25(30)28-21-7-9-22(10-8-21)36(31,32)29-11-13-33-14-12-29/h1-10,15,17-18H,11-14H2. The lowest BCUT2D eigenvalue weighted by Crippen LogP contribution is -2.40. The highest BCUT2D eigenvalue weighted by Gasteiger charge is 2.26. The smallest absolute Gasteiger partial charge is 0.243 e. The van der Waals surface area contributed by atoms with Gasteiger partial charge < -0.3 is 4.74 Å². The molecule has 0 saturated carbocycles. The van der Waals surface area contributed by atoms with Crippen LogP contribution in [0.5, 0.6) is 0 Å². The summed E-state index contributed by atoms with van der Waals surface area (Å²) < 4.78 is 34.3. The van der Waals surface area contributed by atoms with Crippen LogP contribution in [-0.2, 0) is 14.8 Å². The fraction of sp³-hybridized carbons (Fsp3) is 0.160. The number of benzene rings is 2. The third-order valence-electron chi connectivity index (χ3n) is 5.49. The summed E-state index contributed by atoms with van der Waals surface area (Å²) >= 11 is 3.06. The molecule has 0 bridgehead atoms. The number of thiazole rings is 1. The molecule has 3 heterocycles. The van der Waals surface area contributed by atoms with Gasteiger partial charge in [0.15, 0.2) is 0 Å². The molecule has 8 nitrogen and oxygen atoms in total. The fourth-order valence-electron chi connectivity index (χ4n) is 3.59. The molecular weight excluding hydrogens is 515 g/mol. The van der Waals surface area contributed by atoms with Gasteiger partial charge in [0.05, 0.1) is 52.2 Å². The molecule has 2 aromatic carbocycles. The van der Waals surface area contributed by atoms with E-state index in [4.69, 9.17) is 15.0 Å². The maximum Gasteiger partial charge on any atom is 0.243 e. The Morgan fingerprint density at radius 3 is 2.42 bits per heavy atom. The molecule has 2 aromatic heterocycles. The molecule has 0 amide bonds.